The average Bonchev–Trinajstić information content (AvgIpc) is 2.15. The summed E-state index contributed by atoms with van der Waals surface area (Å²) in [4.78, 5) is 10.8. The maximum absolute atomic E-state index is 10.8. The first-order valence-corrected chi connectivity index (χ1v) is 4.04. The van der Waals surface area contributed by atoms with Gasteiger partial charge in [-0.2, -0.15) is 0 Å². The molecule has 1 radical (unpaired) electrons. The number of carbonyl (C=O) groups excluding carboxylic acids is 1. The van der Waals surface area contributed by atoms with Gasteiger partial charge in [0.15, 0.2) is 0 Å². The monoisotopic (exact) mass is 191 g/mol. The summed E-state index contributed by atoms with van der Waals surface area (Å²) in [6.07, 6.45) is -2.16. The molecule has 2 N–H and O–H groups in total. The molecule has 0 spiro atoms. The molecule has 0 aliphatic rings. The second kappa shape index (κ2) is 6.82. The van der Waals surface area contributed by atoms with Crippen LogP contribution in [0.25, 0.3) is 0 Å². The second-order valence-electron chi connectivity index (χ2n) is 2.33. The van der Waals surface area contributed by atoms with Crippen LogP contribution in [-0.2, 0) is 14.3 Å². The molecule has 0 fully saturated rings. The van der Waals surface area contributed by atoms with Crippen LogP contribution in [0.1, 0.15) is 13.3 Å². The van der Waals surface area contributed by atoms with E-state index in [9.17, 15) is 4.79 Å². The van der Waals surface area contributed by atoms with Crippen LogP contribution in [-0.4, -0.2) is 41.8 Å². The minimum Gasteiger partial charge on any atom is -0.433 e. The number of carbonyl (C=O) groups is 1. The van der Waals surface area contributed by atoms with E-state index in [1.54, 1.807) is 6.92 Å². The number of ether oxygens (including phenoxy) is 2. The van der Waals surface area contributed by atoms with Crippen LogP contribution in [0.2, 0.25) is 0 Å². The van der Waals surface area contributed by atoms with E-state index in [2.05, 4.69) is 11.7 Å². The number of esters is 1. The Hall–Kier alpha value is -0.650. The molecule has 0 saturated carbocycles. The fourth-order valence-corrected chi connectivity index (χ4v) is 0.639. The largest absolute Gasteiger partial charge is 0.433 e. The van der Waals surface area contributed by atoms with Crippen LogP contribution in [0.3, 0.4) is 0 Å². The van der Waals surface area contributed by atoms with Crippen molar-refractivity contribution in [3.05, 3.63) is 6.92 Å². The van der Waals surface area contributed by atoms with Gasteiger partial charge in [-0.3, -0.25) is 4.79 Å². The number of aliphatic hydroxyl groups excluding tert-OH is 2. The standard InChI is InChI=1S/C8H15O5/c1-3-7(11)13-8(12-4-2)6(10)5-9/h6,8-10H,2-5H2,1H3. The summed E-state index contributed by atoms with van der Waals surface area (Å²) in [5, 5.41) is 17.7. The molecule has 5 heteroatoms. The third kappa shape index (κ3) is 4.82. The molecule has 77 valence electrons. The van der Waals surface area contributed by atoms with E-state index < -0.39 is 25.0 Å². The zero-order valence-electron chi connectivity index (χ0n) is 7.60. The summed E-state index contributed by atoms with van der Waals surface area (Å²) in [7, 11) is 0. The molecule has 5 nitrogen and oxygen atoms in total. The molecule has 2 unspecified atom stereocenters. The van der Waals surface area contributed by atoms with Crippen molar-refractivity contribution >= 4 is 5.97 Å². The molecule has 2 atom stereocenters. The summed E-state index contributed by atoms with van der Waals surface area (Å²) < 4.78 is 9.48. The molecule has 0 heterocycles. The van der Waals surface area contributed by atoms with Gasteiger partial charge in [-0.25, -0.2) is 0 Å². The van der Waals surface area contributed by atoms with Crippen LogP contribution in [0, 0.1) is 6.92 Å². The number of hydrogen-bond acceptors (Lipinski definition) is 5. The predicted molar refractivity (Wildman–Crippen MR) is 44.6 cm³/mol. The van der Waals surface area contributed by atoms with Crippen molar-refractivity contribution in [2.24, 2.45) is 0 Å². The Morgan fingerprint density at radius 1 is 1.62 bits per heavy atom. The van der Waals surface area contributed by atoms with Crippen molar-refractivity contribution in [1.82, 2.24) is 0 Å². The Bertz CT molecular complexity index is 147. The molecular weight excluding hydrogens is 176 g/mol. The first-order chi connectivity index (χ1) is 6.15. The molecule has 0 bridgehead atoms. The van der Waals surface area contributed by atoms with Gasteiger partial charge in [0, 0.05) is 6.42 Å². The molecule has 0 aromatic rings. The van der Waals surface area contributed by atoms with Gasteiger partial charge in [0.05, 0.1) is 13.2 Å². The smallest absolute Gasteiger partial charge is 0.307 e. The van der Waals surface area contributed by atoms with E-state index >= 15 is 0 Å². The Kier molecular flexibility index (Phi) is 6.48. The first-order valence-electron chi connectivity index (χ1n) is 4.04. The highest BCUT2D eigenvalue weighted by Crippen LogP contribution is 2.03. The molecule has 0 saturated heterocycles. The van der Waals surface area contributed by atoms with Crippen LogP contribution in [0.15, 0.2) is 0 Å². The third-order valence-electron chi connectivity index (χ3n) is 1.32. The molecule has 0 aromatic carbocycles. The molecule has 0 aliphatic heterocycles. The van der Waals surface area contributed by atoms with Gasteiger partial charge in [-0.15, -0.1) is 0 Å². The quantitative estimate of drug-likeness (QED) is 0.436. The lowest BCUT2D eigenvalue weighted by Gasteiger charge is -2.20. The summed E-state index contributed by atoms with van der Waals surface area (Å²) in [6.45, 7) is 4.52. The van der Waals surface area contributed by atoms with E-state index in [-0.39, 0.29) is 13.0 Å². The zero-order valence-corrected chi connectivity index (χ0v) is 7.60. The lowest BCUT2D eigenvalue weighted by molar-refractivity contribution is -0.204. The fourth-order valence-electron chi connectivity index (χ4n) is 0.639. The van der Waals surface area contributed by atoms with Crippen LogP contribution in [0.5, 0.6) is 0 Å². The minimum atomic E-state index is -1.22. The highest BCUT2D eigenvalue weighted by Gasteiger charge is 2.22. The van der Waals surface area contributed by atoms with Gasteiger partial charge in [0.25, 0.3) is 0 Å². The Morgan fingerprint density at radius 3 is 2.62 bits per heavy atom. The van der Waals surface area contributed by atoms with Gasteiger partial charge in [-0.1, -0.05) is 6.92 Å². The molecule has 0 amide bonds. The third-order valence-corrected chi connectivity index (χ3v) is 1.32. The zero-order chi connectivity index (χ0) is 10.3. The Morgan fingerprint density at radius 2 is 2.23 bits per heavy atom. The van der Waals surface area contributed by atoms with E-state index in [1.165, 1.54) is 0 Å². The number of aliphatic hydroxyl groups is 2. The van der Waals surface area contributed by atoms with Crippen LogP contribution >= 0.6 is 0 Å². The molecule has 0 aliphatic carbocycles. The minimum absolute atomic E-state index is 0.0543. The van der Waals surface area contributed by atoms with Crippen molar-refractivity contribution in [3.63, 3.8) is 0 Å². The fraction of sp³-hybridized carbons (Fsp3) is 0.750. The topological polar surface area (TPSA) is 76.0 Å². The maximum Gasteiger partial charge on any atom is 0.307 e. The van der Waals surface area contributed by atoms with Crippen molar-refractivity contribution in [2.45, 2.75) is 25.7 Å². The van der Waals surface area contributed by atoms with E-state index in [1.807, 2.05) is 0 Å². The predicted octanol–water partition coefficient (Wildman–Crippen LogP) is -0.530. The van der Waals surface area contributed by atoms with Crippen LogP contribution in [0.4, 0.5) is 0 Å². The molecular formula is C8H15O5. The number of hydrogen-bond donors (Lipinski definition) is 2. The summed E-state index contributed by atoms with van der Waals surface area (Å²) >= 11 is 0. The van der Waals surface area contributed by atoms with E-state index in [0.717, 1.165) is 0 Å². The van der Waals surface area contributed by atoms with Gasteiger partial charge < -0.3 is 19.7 Å². The second-order valence-corrected chi connectivity index (χ2v) is 2.33. The Labute approximate surface area is 77.3 Å². The highest BCUT2D eigenvalue weighted by atomic mass is 16.7. The SMILES string of the molecule is [CH2]COC(OC(=O)CC)C(O)CO. The summed E-state index contributed by atoms with van der Waals surface area (Å²) in [5.41, 5.74) is 0. The van der Waals surface area contributed by atoms with Crippen molar-refractivity contribution in [3.8, 4) is 0 Å². The molecule has 13 heavy (non-hydrogen) atoms. The van der Waals surface area contributed by atoms with Gasteiger partial charge in [0.1, 0.15) is 6.10 Å². The first kappa shape index (κ1) is 12.3. The maximum atomic E-state index is 10.8. The van der Waals surface area contributed by atoms with Crippen LogP contribution < -0.4 is 0 Å². The lowest BCUT2D eigenvalue weighted by atomic mass is 10.3. The molecule has 0 aromatic heterocycles. The average molecular weight is 191 g/mol. The van der Waals surface area contributed by atoms with Crippen molar-refractivity contribution in [2.75, 3.05) is 13.2 Å². The molecule has 0 rings (SSSR count). The normalized spacial score (nSPS) is 15.1. The summed E-state index contributed by atoms with van der Waals surface area (Å²) in [5.74, 6) is -0.494. The van der Waals surface area contributed by atoms with Gasteiger partial charge in [-0.05, 0) is 6.92 Å². The van der Waals surface area contributed by atoms with E-state index in [4.69, 9.17) is 14.9 Å². The number of rotatable bonds is 6. The van der Waals surface area contributed by atoms with Crippen molar-refractivity contribution in [1.29, 1.82) is 0 Å². The lowest BCUT2D eigenvalue weighted by Crippen LogP contribution is -2.36. The van der Waals surface area contributed by atoms with Crippen molar-refractivity contribution < 1.29 is 24.5 Å². The highest BCUT2D eigenvalue weighted by molar-refractivity contribution is 5.69. The van der Waals surface area contributed by atoms with Gasteiger partial charge in [0.2, 0.25) is 6.29 Å². The van der Waals surface area contributed by atoms with E-state index in [0.29, 0.717) is 0 Å². The Balaban J connectivity index is 4.00. The summed E-state index contributed by atoms with van der Waals surface area (Å²) in [6, 6.07) is 0. The van der Waals surface area contributed by atoms with Gasteiger partial charge >= 0.3 is 5.97 Å².